The fraction of sp³-hybridized carbons (Fsp3) is 0.533. The summed E-state index contributed by atoms with van der Waals surface area (Å²) in [5, 5.41) is 6.43. The van der Waals surface area contributed by atoms with Crippen LogP contribution in [0.4, 0.5) is 0 Å². The highest BCUT2D eigenvalue weighted by Crippen LogP contribution is 2.24. The Morgan fingerprint density at radius 2 is 2.30 bits per heavy atom. The van der Waals surface area contributed by atoms with Gasteiger partial charge in [-0.05, 0) is 43.4 Å². The Kier molecular flexibility index (Phi) is 5.24. The molecule has 0 aromatic carbocycles. The first-order valence-corrected chi connectivity index (χ1v) is 8.97. The highest BCUT2D eigenvalue weighted by Gasteiger charge is 2.26. The molecule has 0 N–H and O–H groups in total. The number of likely N-dealkylation sites (tertiary alicyclic amines) is 1. The number of carbonyl (C=O) groups is 1. The Bertz CT molecular complexity index is 700. The van der Waals surface area contributed by atoms with Crippen molar-refractivity contribution in [3.8, 4) is 10.8 Å². The van der Waals surface area contributed by atoms with E-state index in [9.17, 15) is 4.79 Å². The van der Waals surface area contributed by atoms with Crippen molar-refractivity contribution >= 4 is 29.5 Å². The van der Waals surface area contributed by atoms with Gasteiger partial charge in [0.2, 0.25) is 0 Å². The Balaban J connectivity index is 1.59. The SMILES string of the molecule is CCOC(=O)C1CCN(Cn2nc(-c3cccs3)oc2=S)CC1. The van der Waals surface area contributed by atoms with Crippen LogP contribution in [-0.2, 0) is 16.2 Å². The van der Waals surface area contributed by atoms with Crippen LogP contribution in [0.5, 0.6) is 0 Å². The van der Waals surface area contributed by atoms with Gasteiger partial charge in [-0.1, -0.05) is 6.07 Å². The van der Waals surface area contributed by atoms with Gasteiger partial charge in [-0.25, -0.2) is 4.68 Å². The van der Waals surface area contributed by atoms with Crippen molar-refractivity contribution < 1.29 is 13.9 Å². The minimum absolute atomic E-state index is 0.0122. The molecule has 0 atom stereocenters. The highest BCUT2D eigenvalue weighted by atomic mass is 32.1. The highest BCUT2D eigenvalue weighted by molar-refractivity contribution is 7.71. The molecule has 0 spiro atoms. The molecule has 0 amide bonds. The number of carbonyl (C=O) groups excluding carboxylic acids is 1. The van der Waals surface area contributed by atoms with Gasteiger partial charge < -0.3 is 9.15 Å². The number of nitrogens with zero attached hydrogens (tertiary/aromatic N) is 3. The van der Waals surface area contributed by atoms with E-state index in [1.165, 1.54) is 0 Å². The Hall–Kier alpha value is -1.51. The number of ether oxygens (including phenoxy) is 1. The fourth-order valence-electron chi connectivity index (χ4n) is 2.66. The van der Waals surface area contributed by atoms with E-state index in [1.54, 1.807) is 16.0 Å². The molecule has 23 heavy (non-hydrogen) atoms. The van der Waals surface area contributed by atoms with Gasteiger partial charge in [-0.2, -0.15) is 0 Å². The normalized spacial score (nSPS) is 16.6. The molecule has 1 saturated heterocycles. The molecule has 2 aromatic rings. The lowest BCUT2D eigenvalue weighted by atomic mass is 9.97. The van der Waals surface area contributed by atoms with Crippen LogP contribution in [0, 0.1) is 10.8 Å². The second-order valence-corrected chi connectivity index (χ2v) is 6.73. The summed E-state index contributed by atoms with van der Waals surface area (Å²) in [4.78, 5) is 15.3. The van der Waals surface area contributed by atoms with Crippen LogP contribution in [-0.4, -0.2) is 40.3 Å². The molecule has 124 valence electrons. The average Bonchev–Trinajstić information content (AvgIpc) is 3.19. The molecule has 6 nitrogen and oxygen atoms in total. The van der Waals surface area contributed by atoms with Crippen molar-refractivity contribution in [2.45, 2.75) is 26.4 Å². The molecule has 3 heterocycles. The molecule has 1 aliphatic heterocycles. The summed E-state index contributed by atoms with van der Waals surface area (Å²) < 4.78 is 12.4. The predicted octanol–water partition coefficient (Wildman–Crippen LogP) is 3.17. The molecular weight excluding hydrogens is 334 g/mol. The number of thiophene rings is 1. The summed E-state index contributed by atoms with van der Waals surface area (Å²) >= 11 is 6.82. The first kappa shape index (κ1) is 16.4. The quantitative estimate of drug-likeness (QED) is 0.608. The van der Waals surface area contributed by atoms with Crippen molar-refractivity contribution in [1.29, 1.82) is 0 Å². The zero-order valence-electron chi connectivity index (χ0n) is 12.9. The van der Waals surface area contributed by atoms with Crippen LogP contribution in [0.1, 0.15) is 19.8 Å². The first-order chi connectivity index (χ1) is 11.2. The average molecular weight is 353 g/mol. The van der Waals surface area contributed by atoms with E-state index < -0.39 is 0 Å². The number of rotatable bonds is 5. The van der Waals surface area contributed by atoms with Crippen molar-refractivity contribution in [2.24, 2.45) is 5.92 Å². The molecule has 0 bridgehead atoms. The number of piperidine rings is 1. The van der Waals surface area contributed by atoms with E-state index in [2.05, 4.69) is 10.00 Å². The van der Waals surface area contributed by atoms with Crippen LogP contribution in [0.25, 0.3) is 10.8 Å². The number of esters is 1. The van der Waals surface area contributed by atoms with E-state index in [0.29, 0.717) is 24.0 Å². The molecule has 1 aliphatic rings. The van der Waals surface area contributed by atoms with E-state index in [-0.39, 0.29) is 11.9 Å². The van der Waals surface area contributed by atoms with Gasteiger partial charge in [-0.15, -0.1) is 16.4 Å². The smallest absolute Gasteiger partial charge is 0.309 e. The van der Waals surface area contributed by atoms with Crippen LogP contribution >= 0.6 is 23.6 Å². The zero-order chi connectivity index (χ0) is 16.2. The Labute approximate surface area is 143 Å². The topological polar surface area (TPSA) is 60.5 Å². The molecular formula is C15H19N3O3S2. The van der Waals surface area contributed by atoms with Gasteiger partial charge in [-0.3, -0.25) is 9.69 Å². The van der Waals surface area contributed by atoms with Gasteiger partial charge in [0.1, 0.15) is 0 Å². The maximum absolute atomic E-state index is 11.8. The maximum atomic E-state index is 11.8. The van der Waals surface area contributed by atoms with Crippen LogP contribution < -0.4 is 0 Å². The minimum Gasteiger partial charge on any atom is -0.466 e. The van der Waals surface area contributed by atoms with Crippen molar-refractivity contribution in [1.82, 2.24) is 14.7 Å². The van der Waals surface area contributed by atoms with Gasteiger partial charge >= 0.3 is 5.97 Å². The van der Waals surface area contributed by atoms with E-state index in [4.69, 9.17) is 21.4 Å². The Morgan fingerprint density at radius 1 is 1.52 bits per heavy atom. The number of hydrogen-bond donors (Lipinski definition) is 0. The van der Waals surface area contributed by atoms with Crippen molar-refractivity contribution in [3.63, 3.8) is 0 Å². The van der Waals surface area contributed by atoms with Gasteiger partial charge in [0, 0.05) is 13.1 Å². The lowest BCUT2D eigenvalue weighted by molar-refractivity contribution is -0.149. The largest absolute Gasteiger partial charge is 0.466 e. The van der Waals surface area contributed by atoms with Crippen LogP contribution in [0.3, 0.4) is 0 Å². The number of hydrogen-bond acceptors (Lipinski definition) is 7. The van der Waals surface area contributed by atoms with Crippen molar-refractivity contribution in [3.05, 3.63) is 22.4 Å². The van der Waals surface area contributed by atoms with E-state index >= 15 is 0 Å². The second kappa shape index (κ2) is 7.37. The number of aromatic nitrogens is 2. The molecule has 8 heteroatoms. The third kappa shape index (κ3) is 3.88. The lowest BCUT2D eigenvalue weighted by Gasteiger charge is -2.30. The minimum atomic E-state index is -0.0785. The first-order valence-electron chi connectivity index (χ1n) is 7.68. The fourth-order valence-corrected chi connectivity index (χ4v) is 3.48. The summed E-state index contributed by atoms with van der Waals surface area (Å²) in [7, 11) is 0. The molecule has 0 radical (unpaired) electrons. The summed E-state index contributed by atoms with van der Waals surface area (Å²) in [6.45, 7) is 4.52. The Morgan fingerprint density at radius 3 is 2.96 bits per heavy atom. The van der Waals surface area contributed by atoms with Crippen LogP contribution in [0.15, 0.2) is 21.9 Å². The molecule has 3 rings (SSSR count). The van der Waals surface area contributed by atoms with Crippen molar-refractivity contribution in [2.75, 3.05) is 19.7 Å². The summed E-state index contributed by atoms with van der Waals surface area (Å²) in [5.74, 6) is 0.495. The summed E-state index contributed by atoms with van der Waals surface area (Å²) in [6.07, 6.45) is 1.61. The van der Waals surface area contributed by atoms with Gasteiger partial charge in [0.25, 0.3) is 10.7 Å². The molecule has 0 unspecified atom stereocenters. The zero-order valence-corrected chi connectivity index (χ0v) is 14.6. The summed E-state index contributed by atoms with van der Waals surface area (Å²) in [6, 6.07) is 3.91. The van der Waals surface area contributed by atoms with Gasteiger partial charge in [0.05, 0.1) is 24.1 Å². The van der Waals surface area contributed by atoms with Gasteiger partial charge in [0.15, 0.2) is 0 Å². The van der Waals surface area contributed by atoms with Crippen LogP contribution in [0.2, 0.25) is 0 Å². The standard InChI is InChI=1S/C15H19N3O3S2/c1-2-20-14(19)11-5-7-17(8-6-11)10-18-15(22)21-13(16-18)12-4-3-9-23-12/h3-4,9,11H,2,5-8,10H2,1H3. The predicted molar refractivity (Wildman–Crippen MR) is 89.6 cm³/mol. The van der Waals surface area contributed by atoms with E-state index in [0.717, 1.165) is 30.8 Å². The molecule has 2 aromatic heterocycles. The monoisotopic (exact) mass is 353 g/mol. The third-order valence-electron chi connectivity index (χ3n) is 3.88. The lowest BCUT2D eigenvalue weighted by Crippen LogP contribution is -2.38. The summed E-state index contributed by atoms with van der Waals surface area (Å²) in [5.41, 5.74) is 0. The molecule has 1 fully saturated rings. The maximum Gasteiger partial charge on any atom is 0.309 e. The second-order valence-electron chi connectivity index (χ2n) is 5.44. The van der Waals surface area contributed by atoms with E-state index in [1.807, 2.05) is 24.4 Å². The molecule has 0 saturated carbocycles. The third-order valence-corrected chi connectivity index (χ3v) is 5.03. The molecule has 0 aliphatic carbocycles.